The van der Waals surface area contributed by atoms with Crippen LogP contribution in [-0.2, 0) is 21.1 Å². The maximum atomic E-state index is 14.0. The number of nitrogens with one attached hydrogen (secondary N) is 3. The predicted octanol–water partition coefficient (Wildman–Crippen LogP) is 5.61. The number of allylic oxidation sites excluding steroid dienone is 4. The van der Waals surface area contributed by atoms with Gasteiger partial charge < -0.3 is 0 Å². The third-order valence-corrected chi connectivity index (χ3v) is 24.2. The van der Waals surface area contributed by atoms with Crippen molar-refractivity contribution < 1.29 is 34.3 Å². The number of halogens is 3. The molecule has 0 atom stereocenters. The van der Waals surface area contributed by atoms with Gasteiger partial charge in [0, 0.05) is 0 Å². The Morgan fingerprint density at radius 2 is 1.14 bits per heavy atom. The fourth-order valence-electron chi connectivity index (χ4n) is 3.61. The Morgan fingerprint density at radius 3 is 1.43 bits per heavy atom. The van der Waals surface area contributed by atoms with Crippen LogP contribution in [0.15, 0.2) is 19.8 Å². The summed E-state index contributed by atoms with van der Waals surface area (Å²) in [4.78, 5) is 0. The van der Waals surface area contributed by atoms with E-state index >= 15 is 0 Å². The van der Waals surface area contributed by atoms with Crippen LogP contribution in [0.2, 0.25) is 11.5 Å². The minimum absolute atomic E-state index is 0.233. The Hall–Kier alpha value is 0.576. The Labute approximate surface area is 178 Å². The van der Waals surface area contributed by atoms with Crippen molar-refractivity contribution in [1.29, 1.82) is 0 Å². The Kier molecular flexibility index (Phi) is 7.84. The number of hydrogen-bond donors (Lipinski definition) is 3. The zero-order valence-corrected chi connectivity index (χ0v) is 24.1. The summed E-state index contributed by atoms with van der Waals surface area (Å²) in [5.41, 5.74) is -0.700. The fourth-order valence-corrected chi connectivity index (χ4v) is 25.6. The van der Waals surface area contributed by atoms with Gasteiger partial charge in [-0.2, -0.15) is 0 Å². The van der Waals surface area contributed by atoms with E-state index in [9.17, 15) is 13.2 Å². The summed E-state index contributed by atoms with van der Waals surface area (Å²) in [5, 5.41) is -4.13. The van der Waals surface area contributed by atoms with Crippen molar-refractivity contribution in [1.82, 2.24) is 9.78 Å². The summed E-state index contributed by atoms with van der Waals surface area (Å²) in [7, 11) is 0. The van der Waals surface area contributed by atoms with Crippen molar-refractivity contribution in [3.8, 4) is 0 Å². The van der Waals surface area contributed by atoms with Crippen LogP contribution >= 0.6 is 0 Å². The van der Waals surface area contributed by atoms with Crippen molar-refractivity contribution >= 4 is 13.3 Å². The molecule has 3 N–H and O–H groups in total. The average molecular weight is 543 g/mol. The predicted molar refractivity (Wildman–Crippen MR) is 113 cm³/mol. The van der Waals surface area contributed by atoms with Crippen molar-refractivity contribution in [2.45, 2.75) is 102 Å². The zero-order valence-electron chi connectivity index (χ0n) is 19.5. The van der Waals surface area contributed by atoms with E-state index in [0.29, 0.717) is 10.8 Å². The van der Waals surface area contributed by atoms with Gasteiger partial charge >= 0.3 is 179 Å². The van der Waals surface area contributed by atoms with Crippen molar-refractivity contribution in [3.05, 3.63) is 19.8 Å². The van der Waals surface area contributed by atoms with Gasteiger partial charge in [0.1, 0.15) is 0 Å². The van der Waals surface area contributed by atoms with E-state index < -0.39 is 39.4 Å². The van der Waals surface area contributed by atoms with Crippen LogP contribution in [0.4, 0.5) is 13.2 Å². The Balaban J connectivity index is 3.79. The molecule has 0 unspecified atom stereocenters. The van der Waals surface area contributed by atoms with Gasteiger partial charge in [-0.25, -0.2) is 0 Å². The molecule has 0 bridgehead atoms. The molecular formula is C20H40F3GeN3Zr. The van der Waals surface area contributed by atoms with E-state index in [1.54, 1.807) is 6.08 Å². The van der Waals surface area contributed by atoms with Gasteiger partial charge in [-0.05, 0) is 0 Å². The first-order chi connectivity index (χ1) is 12.1. The van der Waals surface area contributed by atoms with E-state index in [4.69, 9.17) is 0 Å². The quantitative estimate of drug-likeness (QED) is 0.395. The Bertz CT molecular complexity index is 592. The molecular weight excluding hydrogens is 503 g/mol. The second kappa shape index (κ2) is 8.25. The van der Waals surface area contributed by atoms with Crippen LogP contribution in [0, 0.1) is 0 Å². The van der Waals surface area contributed by atoms with Crippen LogP contribution < -0.4 is 9.78 Å². The molecule has 28 heavy (non-hydrogen) atoms. The van der Waals surface area contributed by atoms with Crippen LogP contribution in [0.3, 0.4) is 0 Å². The third-order valence-electron chi connectivity index (χ3n) is 4.45. The van der Waals surface area contributed by atoms with Crippen LogP contribution in [0.1, 0.15) is 68.7 Å². The van der Waals surface area contributed by atoms with Gasteiger partial charge in [0.2, 0.25) is 0 Å². The normalized spacial score (nSPS) is 17.6. The second-order valence-corrected chi connectivity index (χ2v) is 27.6. The van der Waals surface area contributed by atoms with Crippen LogP contribution in [-0.4, -0.2) is 34.9 Å². The molecule has 164 valence electrons. The van der Waals surface area contributed by atoms with E-state index in [0.717, 1.165) is 3.28 Å². The van der Waals surface area contributed by atoms with Gasteiger partial charge in [-0.3, -0.25) is 0 Å². The first-order valence-corrected chi connectivity index (χ1v) is 21.2. The van der Waals surface area contributed by atoms with Gasteiger partial charge in [0.15, 0.2) is 0 Å². The topological polar surface area (TPSA) is 36.1 Å². The summed E-state index contributed by atoms with van der Waals surface area (Å²) in [6.45, 7) is 18.8. The van der Waals surface area contributed by atoms with Crippen LogP contribution in [0.5, 0.6) is 0 Å². The number of rotatable bonds is 5. The average Bonchev–Trinajstić information content (AvgIpc) is 2.79. The summed E-state index contributed by atoms with van der Waals surface area (Å²) in [5.74, 6) is 2.96. The van der Waals surface area contributed by atoms with Crippen LogP contribution in [0.25, 0.3) is 0 Å². The molecule has 8 heteroatoms. The first kappa shape index (κ1) is 26.6. The van der Waals surface area contributed by atoms with E-state index in [2.05, 4.69) is 72.1 Å². The molecule has 1 aliphatic rings. The SMILES string of the molecule is CC(C)(C)[NH][Zr]([NH]C(C)(C)C)([NH]C(C)(C)C)[C]1=[C]([Ge]([CH3])([CH3])[C](F)(F)F)C=CC1. The molecule has 0 aromatic carbocycles. The second-order valence-electron chi connectivity index (χ2n) is 11.5. The third kappa shape index (κ3) is 7.07. The summed E-state index contributed by atoms with van der Waals surface area (Å²) >= 11 is -8.16. The van der Waals surface area contributed by atoms with E-state index in [-0.39, 0.29) is 16.6 Å². The van der Waals surface area contributed by atoms with E-state index in [1.807, 2.05) is 6.08 Å². The summed E-state index contributed by atoms with van der Waals surface area (Å²) in [6.07, 6.45) is 4.28. The van der Waals surface area contributed by atoms with Gasteiger partial charge in [-0.1, -0.05) is 0 Å². The minimum atomic E-state index is -4.25. The standard InChI is InChI=1S/C8H10F3Ge.3C4H10N.Zr/c1-12(2,8(9,10)11)7-5-3-4-6-7;3*1-4(2,3)5;/h3,5H,4H2,1-2H3;3*5H,1-3H3;/q;3*-1;+3. The molecule has 0 aromatic heterocycles. The zero-order chi connectivity index (χ0) is 22.4. The number of alkyl halides is 3. The molecule has 1 aliphatic carbocycles. The molecule has 0 aromatic rings. The summed E-state index contributed by atoms with van der Waals surface area (Å²) < 4.78 is 55.2. The van der Waals surface area contributed by atoms with Gasteiger partial charge in [-0.15, -0.1) is 0 Å². The first-order valence-electron chi connectivity index (χ1n) is 9.95. The molecule has 1 rings (SSSR count). The molecule has 0 radical (unpaired) electrons. The molecule has 0 fully saturated rings. The van der Waals surface area contributed by atoms with Gasteiger partial charge in [0.05, 0.1) is 0 Å². The van der Waals surface area contributed by atoms with Crippen molar-refractivity contribution in [2.75, 3.05) is 0 Å². The molecule has 0 saturated heterocycles. The maximum absolute atomic E-state index is 14.0. The molecule has 0 aliphatic heterocycles. The molecule has 0 saturated carbocycles. The molecule has 0 amide bonds. The Morgan fingerprint density at radius 1 is 0.786 bits per heavy atom. The fraction of sp³-hybridized carbons (Fsp3) is 0.800. The van der Waals surface area contributed by atoms with Gasteiger partial charge in [0.25, 0.3) is 0 Å². The molecule has 0 spiro atoms. The number of hydrogen-bond acceptors (Lipinski definition) is 3. The monoisotopic (exact) mass is 543 g/mol. The summed E-state index contributed by atoms with van der Waals surface area (Å²) in [6, 6.07) is 0. The van der Waals surface area contributed by atoms with Crippen molar-refractivity contribution in [3.63, 3.8) is 0 Å². The van der Waals surface area contributed by atoms with Crippen molar-refractivity contribution in [2.24, 2.45) is 0 Å². The van der Waals surface area contributed by atoms with E-state index in [1.165, 1.54) is 11.5 Å². The molecule has 3 nitrogen and oxygen atoms in total. The molecule has 0 heterocycles.